The van der Waals surface area contributed by atoms with Crippen molar-refractivity contribution in [1.29, 1.82) is 5.26 Å². The second-order valence-electron chi connectivity index (χ2n) is 3.66. The van der Waals surface area contributed by atoms with Gasteiger partial charge in [-0.05, 0) is 25.5 Å². The minimum absolute atomic E-state index is 0.637. The van der Waals surface area contributed by atoms with Crippen LogP contribution in [0.3, 0.4) is 0 Å². The van der Waals surface area contributed by atoms with Crippen molar-refractivity contribution in [2.75, 3.05) is 5.32 Å². The van der Waals surface area contributed by atoms with Crippen molar-refractivity contribution in [3.63, 3.8) is 0 Å². The molecule has 2 aromatic rings. The molecule has 3 nitrogen and oxygen atoms in total. The molecule has 1 aromatic carbocycles. The number of anilines is 2. The molecule has 0 spiro atoms. The van der Waals surface area contributed by atoms with Crippen molar-refractivity contribution in [1.82, 2.24) is 4.98 Å². The van der Waals surface area contributed by atoms with E-state index in [-0.39, 0.29) is 0 Å². The number of benzene rings is 1. The molecule has 0 radical (unpaired) electrons. The molecule has 2 rings (SSSR count). The predicted octanol–water partition coefficient (Wildman–Crippen LogP) is 3.63. The molecule has 0 fully saturated rings. The number of hydrogen-bond donors (Lipinski definition) is 1. The van der Waals surface area contributed by atoms with Gasteiger partial charge in [0, 0.05) is 4.88 Å². The summed E-state index contributed by atoms with van der Waals surface area (Å²) in [5.74, 6) is 0. The molecule has 0 saturated carbocycles. The lowest BCUT2D eigenvalue weighted by Crippen LogP contribution is -1.93. The fourth-order valence-electron chi connectivity index (χ4n) is 1.61. The zero-order valence-electron chi connectivity index (χ0n) is 9.82. The first-order valence-corrected chi connectivity index (χ1v) is 6.28. The molecular weight excluding hydrogens is 230 g/mol. The lowest BCUT2D eigenvalue weighted by atomic mass is 10.2. The Morgan fingerprint density at radius 2 is 2.18 bits per heavy atom. The highest BCUT2D eigenvalue weighted by molar-refractivity contribution is 7.15. The minimum atomic E-state index is 0.637. The molecule has 0 unspecified atom stereocenters. The third-order valence-corrected chi connectivity index (χ3v) is 3.45. The number of nitriles is 1. The molecule has 0 bridgehead atoms. The van der Waals surface area contributed by atoms with Gasteiger partial charge in [-0.25, -0.2) is 4.98 Å². The van der Waals surface area contributed by atoms with Gasteiger partial charge in [0.15, 0.2) is 5.13 Å². The van der Waals surface area contributed by atoms with Crippen LogP contribution in [-0.2, 0) is 6.42 Å². The Kier molecular flexibility index (Phi) is 3.40. The molecule has 86 valence electrons. The monoisotopic (exact) mass is 243 g/mol. The first-order chi connectivity index (χ1) is 8.24. The zero-order valence-corrected chi connectivity index (χ0v) is 10.6. The quantitative estimate of drug-likeness (QED) is 0.895. The fraction of sp³-hybridized carbons (Fsp3) is 0.231. The Balaban J connectivity index is 2.29. The number of rotatable bonds is 3. The Hall–Kier alpha value is -1.86. The van der Waals surface area contributed by atoms with Crippen LogP contribution in [0, 0.1) is 18.3 Å². The predicted molar refractivity (Wildman–Crippen MR) is 70.7 cm³/mol. The first kappa shape index (κ1) is 11.6. The van der Waals surface area contributed by atoms with E-state index in [9.17, 15) is 0 Å². The standard InChI is InChI=1S/C13H13N3S/c1-3-11-9(2)17-13(15-11)16-12-7-5-4-6-10(12)8-14/h4-7H,3H2,1-2H3,(H,15,16). The Morgan fingerprint density at radius 1 is 1.41 bits per heavy atom. The van der Waals surface area contributed by atoms with E-state index in [4.69, 9.17) is 5.26 Å². The summed E-state index contributed by atoms with van der Waals surface area (Å²) in [7, 11) is 0. The van der Waals surface area contributed by atoms with E-state index in [2.05, 4.69) is 30.2 Å². The Morgan fingerprint density at radius 3 is 2.82 bits per heavy atom. The van der Waals surface area contributed by atoms with Crippen LogP contribution >= 0.6 is 11.3 Å². The summed E-state index contributed by atoms with van der Waals surface area (Å²) < 4.78 is 0. The molecule has 0 amide bonds. The van der Waals surface area contributed by atoms with Gasteiger partial charge in [-0.1, -0.05) is 19.1 Å². The summed E-state index contributed by atoms with van der Waals surface area (Å²) in [6, 6.07) is 9.61. The maximum absolute atomic E-state index is 9.00. The number of nitrogens with one attached hydrogen (secondary N) is 1. The SMILES string of the molecule is CCc1nc(Nc2ccccc2C#N)sc1C. The molecule has 1 heterocycles. The van der Waals surface area contributed by atoms with Gasteiger partial charge in [0.1, 0.15) is 6.07 Å². The third-order valence-electron chi connectivity index (χ3n) is 2.52. The second kappa shape index (κ2) is 4.98. The van der Waals surface area contributed by atoms with Gasteiger partial charge in [0.25, 0.3) is 0 Å². The van der Waals surface area contributed by atoms with Crippen LogP contribution in [0.5, 0.6) is 0 Å². The van der Waals surface area contributed by atoms with Gasteiger partial charge in [0.05, 0.1) is 16.9 Å². The van der Waals surface area contributed by atoms with Crippen LogP contribution < -0.4 is 5.32 Å². The van der Waals surface area contributed by atoms with Gasteiger partial charge >= 0.3 is 0 Å². The van der Waals surface area contributed by atoms with Gasteiger partial charge in [-0.3, -0.25) is 0 Å². The molecule has 0 aliphatic carbocycles. The summed E-state index contributed by atoms with van der Waals surface area (Å²) in [4.78, 5) is 5.72. The lowest BCUT2D eigenvalue weighted by Gasteiger charge is -2.03. The van der Waals surface area contributed by atoms with Crippen molar-refractivity contribution >= 4 is 22.2 Å². The van der Waals surface area contributed by atoms with Crippen LogP contribution in [0.25, 0.3) is 0 Å². The average molecular weight is 243 g/mol. The maximum atomic E-state index is 9.00. The van der Waals surface area contributed by atoms with Crippen molar-refractivity contribution < 1.29 is 0 Å². The van der Waals surface area contributed by atoms with Gasteiger partial charge in [-0.15, -0.1) is 11.3 Å². The van der Waals surface area contributed by atoms with E-state index in [0.717, 1.165) is 22.9 Å². The molecule has 0 aliphatic rings. The summed E-state index contributed by atoms with van der Waals surface area (Å²) in [5, 5.41) is 13.0. The van der Waals surface area contributed by atoms with Crippen molar-refractivity contribution in [3.05, 3.63) is 40.4 Å². The molecule has 1 aromatic heterocycles. The van der Waals surface area contributed by atoms with Crippen molar-refractivity contribution in [2.24, 2.45) is 0 Å². The third kappa shape index (κ3) is 2.45. The van der Waals surface area contributed by atoms with Gasteiger partial charge < -0.3 is 5.32 Å². The van der Waals surface area contributed by atoms with E-state index < -0.39 is 0 Å². The molecule has 4 heteroatoms. The average Bonchev–Trinajstić information content (AvgIpc) is 2.70. The molecular formula is C13H13N3S. The number of nitrogens with zero attached hydrogens (tertiary/aromatic N) is 2. The summed E-state index contributed by atoms with van der Waals surface area (Å²) in [6.45, 7) is 4.16. The van der Waals surface area contributed by atoms with Crippen LogP contribution in [0.1, 0.15) is 23.1 Å². The Bertz CT molecular complexity index is 566. The second-order valence-corrected chi connectivity index (χ2v) is 4.86. The highest BCUT2D eigenvalue weighted by Crippen LogP contribution is 2.26. The van der Waals surface area contributed by atoms with Crippen LogP contribution in [-0.4, -0.2) is 4.98 Å². The van der Waals surface area contributed by atoms with Crippen LogP contribution in [0.15, 0.2) is 24.3 Å². The lowest BCUT2D eigenvalue weighted by molar-refractivity contribution is 1.05. The van der Waals surface area contributed by atoms with Crippen LogP contribution in [0.4, 0.5) is 10.8 Å². The first-order valence-electron chi connectivity index (χ1n) is 5.47. The highest BCUT2D eigenvalue weighted by Gasteiger charge is 2.07. The fourth-order valence-corrected chi connectivity index (χ4v) is 2.53. The van der Waals surface area contributed by atoms with E-state index in [1.807, 2.05) is 18.2 Å². The van der Waals surface area contributed by atoms with Gasteiger partial charge in [0.2, 0.25) is 0 Å². The molecule has 0 aliphatic heterocycles. The van der Waals surface area contributed by atoms with Crippen molar-refractivity contribution in [3.8, 4) is 6.07 Å². The number of aryl methyl sites for hydroxylation is 2. The van der Waals surface area contributed by atoms with E-state index in [1.165, 1.54) is 4.88 Å². The van der Waals surface area contributed by atoms with E-state index >= 15 is 0 Å². The number of para-hydroxylation sites is 1. The molecule has 17 heavy (non-hydrogen) atoms. The van der Waals surface area contributed by atoms with Gasteiger partial charge in [-0.2, -0.15) is 5.26 Å². The number of thiazole rings is 1. The topological polar surface area (TPSA) is 48.7 Å². The minimum Gasteiger partial charge on any atom is -0.330 e. The Labute approximate surface area is 105 Å². The largest absolute Gasteiger partial charge is 0.330 e. The summed E-state index contributed by atoms with van der Waals surface area (Å²) in [6.07, 6.45) is 0.934. The number of hydrogen-bond acceptors (Lipinski definition) is 4. The normalized spacial score (nSPS) is 9.94. The molecule has 1 N–H and O–H groups in total. The van der Waals surface area contributed by atoms with Crippen LogP contribution in [0.2, 0.25) is 0 Å². The highest BCUT2D eigenvalue weighted by atomic mass is 32.1. The molecule has 0 atom stereocenters. The van der Waals surface area contributed by atoms with E-state index in [1.54, 1.807) is 17.4 Å². The van der Waals surface area contributed by atoms with Crippen molar-refractivity contribution in [2.45, 2.75) is 20.3 Å². The summed E-state index contributed by atoms with van der Waals surface area (Å²) in [5.41, 5.74) is 2.57. The molecule has 0 saturated heterocycles. The maximum Gasteiger partial charge on any atom is 0.187 e. The smallest absolute Gasteiger partial charge is 0.187 e. The number of aromatic nitrogens is 1. The summed E-state index contributed by atoms with van der Waals surface area (Å²) >= 11 is 1.62. The van der Waals surface area contributed by atoms with E-state index in [0.29, 0.717) is 5.56 Å². The zero-order chi connectivity index (χ0) is 12.3.